The van der Waals surface area contributed by atoms with Gasteiger partial charge in [-0.15, -0.1) is 0 Å². The van der Waals surface area contributed by atoms with Crippen LogP contribution in [0.4, 0.5) is 10.5 Å². The third-order valence-electron chi connectivity index (χ3n) is 6.76. The normalized spacial score (nSPS) is 23.1. The lowest BCUT2D eigenvalue weighted by Crippen LogP contribution is -2.53. The molecule has 2 fully saturated rings. The Balaban J connectivity index is 1.76. The summed E-state index contributed by atoms with van der Waals surface area (Å²) >= 11 is 12.4. The van der Waals surface area contributed by atoms with E-state index in [1.807, 2.05) is 12.1 Å². The zero-order valence-electron chi connectivity index (χ0n) is 18.7. The van der Waals surface area contributed by atoms with Gasteiger partial charge in [0.15, 0.2) is 0 Å². The molecule has 2 aliphatic rings. The number of urea groups is 1. The highest BCUT2D eigenvalue weighted by atomic mass is 35.5. The number of halogens is 2. The Morgan fingerprint density at radius 2 is 1.76 bits per heavy atom. The Bertz CT molecular complexity index is 1090. The van der Waals surface area contributed by atoms with Gasteiger partial charge >= 0.3 is 6.03 Å². The fraction of sp³-hybridized carbons (Fsp3) is 0.400. The van der Waals surface area contributed by atoms with E-state index in [0.29, 0.717) is 34.4 Å². The van der Waals surface area contributed by atoms with E-state index in [2.05, 4.69) is 17.9 Å². The second-order valence-electron chi connectivity index (χ2n) is 8.76. The Kier molecular flexibility index (Phi) is 6.67. The van der Waals surface area contributed by atoms with Crippen molar-refractivity contribution in [1.82, 2.24) is 9.80 Å². The Morgan fingerprint density at radius 1 is 1.09 bits per heavy atom. The number of hydrogen-bond donors (Lipinski definition) is 0. The van der Waals surface area contributed by atoms with Crippen LogP contribution in [0.1, 0.15) is 43.2 Å². The molecule has 0 aromatic heterocycles. The average molecular weight is 485 g/mol. The zero-order chi connectivity index (χ0) is 23.8. The molecule has 172 valence electrons. The minimum Gasteiger partial charge on any atom is -0.310 e. The van der Waals surface area contributed by atoms with Gasteiger partial charge in [-0.05, 0) is 48.9 Å². The third kappa shape index (κ3) is 4.10. The predicted molar refractivity (Wildman–Crippen MR) is 130 cm³/mol. The number of benzene rings is 2. The van der Waals surface area contributed by atoms with E-state index in [1.165, 1.54) is 4.90 Å². The minimum absolute atomic E-state index is 0.229. The van der Waals surface area contributed by atoms with Crippen molar-refractivity contribution in [3.63, 3.8) is 0 Å². The number of anilines is 1. The van der Waals surface area contributed by atoms with Crippen LogP contribution in [-0.4, -0.2) is 54.0 Å². The van der Waals surface area contributed by atoms with Crippen LogP contribution in [0, 0.1) is 11.3 Å². The van der Waals surface area contributed by atoms with Gasteiger partial charge < -0.3 is 4.90 Å². The van der Waals surface area contributed by atoms with Crippen molar-refractivity contribution in [2.75, 3.05) is 31.6 Å². The molecule has 33 heavy (non-hydrogen) atoms. The highest BCUT2D eigenvalue weighted by Crippen LogP contribution is 2.46. The number of likely N-dealkylation sites (tertiary alicyclic amines) is 1. The first-order valence-electron chi connectivity index (χ1n) is 11.1. The summed E-state index contributed by atoms with van der Waals surface area (Å²) in [5.74, 6) is -0.506. The summed E-state index contributed by atoms with van der Waals surface area (Å²) < 4.78 is 0. The van der Waals surface area contributed by atoms with Crippen LogP contribution in [-0.2, 0) is 4.79 Å². The smallest absolute Gasteiger partial charge is 0.310 e. The summed E-state index contributed by atoms with van der Waals surface area (Å²) in [5.41, 5.74) is 0.815. The number of carbonyl (C=O) groups is 2. The molecule has 0 bridgehead atoms. The lowest BCUT2D eigenvalue weighted by molar-refractivity contribution is -0.124. The predicted octanol–water partition coefficient (Wildman–Crippen LogP) is 5.29. The van der Waals surface area contributed by atoms with Crippen molar-refractivity contribution in [3.8, 4) is 6.07 Å². The summed E-state index contributed by atoms with van der Waals surface area (Å²) in [6, 6.07) is 13.8. The van der Waals surface area contributed by atoms with Crippen LogP contribution in [0.3, 0.4) is 0 Å². The van der Waals surface area contributed by atoms with Crippen molar-refractivity contribution in [3.05, 3.63) is 63.6 Å². The minimum atomic E-state index is -1.05. The SMILES string of the molecule is CCCCCN1CC(c2ccc(C#N)cc2)C2(C1)C(=O)N(c1cc(Cl)cc(Cl)c1)C(=O)N2C. The monoisotopic (exact) mass is 484 g/mol. The number of hydrogen-bond acceptors (Lipinski definition) is 4. The average Bonchev–Trinajstić information content (AvgIpc) is 3.26. The van der Waals surface area contributed by atoms with E-state index in [9.17, 15) is 14.9 Å². The lowest BCUT2D eigenvalue weighted by Gasteiger charge is -2.34. The first-order valence-corrected chi connectivity index (χ1v) is 11.9. The summed E-state index contributed by atoms with van der Waals surface area (Å²) in [6.45, 7) is 4.13. The Hall–Kier alpha value is -2.59. The Labute approximate surface area is 204 Å². The van der Waals surface area contributed by atoms with E-state index in [4.69, 9.17) is 23.2 Å². The molecular formula is C25H26Cl2N4O2. The van der Waals surface area contributed by atoms with Crippen molar-refractivity contribution in [2.45, 2.75) is 37.6 Å². The van der Waals surface area contributed by atoms with Crippen molar-refractivity contribution >= 4 is 40.8 Å². The molecule has 2 atom stereocenters. The molecule has 2 heterocycles. The lowest BCUT2D eigenvalue weighted by atomic mass is 9.80. The van der Waals surface area contributed by atoms with Gasteiger partial charge in [0.05, 0.1) is 17.3 Å². The second kappa shape index (κ2) is 9.34. The number of imide groups is 1. The van der Waals surface area contributed by atoms with Crippen LogP contribution in [0.15, 0.2) is 42.5 Å². The number of rotatable bonds is 6. The highest BCUT2D eigenvalue weighted by Gasteiger charge is 2.64. The maximum Gasteiger partial charge on any atom is 0.332 e. The van der Waals surface area contributed by atoms with E-state index in [0.717, 1.165) is 31.4 Å². The molecule has 0 N–H and O–H groups in total. The van der Waals surface area contributed by atoms with Gasteiger partial charge in [-0.1, -0.05) is 55.1 Å². The molecular weight excluding hydrogens is 459 g/mol. The van der Waals surface area contributed by atoms with Crippen molar-refractivity contribution in [2.24, 2.45) is 0 Å². The first-order chi connectivity index (χ1) is 15.8. The van der Waals surface area contributed by atoms with Gasteiger partial charge in [-0.3, -0.25) is 9.69 Å². The maximum absolute atomic E-state index is 14.1. The number of unbranched alkanes of at least 4 members (excludes halogenated alkanes) is 2. The van der Waals surface area contributed by atoms with E-state index in [1.54, 1.807) is 42.3 Å². The summed E-state index contributed by atoms with van der Waals surface area (Å²) in [5, 5.41) is 9.91. The zero-order valence-corrected chi connectivity index (χ0v) is 20.2. The molecule has 4 rings (SSSR count). The van der Waals surface area contributed by atoms with Gasteiger partial charge in [-0.2, -0.15) is 5.26 Å². The second-order valence-corrected chi connectivity index (χ2v) is 9.64. The molecule has 2 saturated heterocycles. The van der Waals surface area contributed by atoms with Crippen LogP contribution in [0.25, 0.3) is 0 Å². The van der Waals surface area contributed by atoms with E-state index in [-0.39, 0.29) is 11.8 Å². The fourth-order valence-corrected chi connectivity index (χ4v) is 5.56. The fourth-order valence-electron chi connectivity index (χ4n) is 5.05. The molecule has 0 aliphatic carbocycles. The quantitative estimate of drug-likeness (QED) is 0.412. The van der Waals surface area contributed by atoms with Crippen molar-refractivity contribution < 1.29 is 9.59 Å². The molecule has 2 aliphatic heterocycles. The van der Waals surface area contributed by atoms with Crippen LogP contribution in [0.5, 0.6) is 0 Å². The summed E-state index contributed by atoms with van der Waals surface area (Å²) in [7, 11) is 1.69. The number of nitriles is 1. The number of likely N-dealkylation sites (N-methyl/N-ethyl adjacent to an activating group) is 1. The summed E-state index contributed by atoms with van der Waals surface area (Å²) in [6.07, 6.45) is 3.26. The number of carbonyl (C=O) groups excluding carboxylic acids is 2. The molecule has 2 aromatic carbocycles. The third-order valence-corrected chi connectivity index (χ3v) is 7.19. The van der Waals surface area contributed by atoms with Gasteiger partial charge in [0.25, 0.3) is 5.91 Å². The molecule has 8 heteroatoms. The molecule has 2 aromatic rings. The van der Waals surface area contributed by atoms with Crippen LogP contribution < -0.4 is 4.90 Å². The van der Waals surface area contributed by atoms with Gasteiger partial charge in [-0.25, -0.2) is 9.69 Å². The molecule has 3 amide bonds. The molecule has 2 unspecified atom stereocenters. The van der Waals surface area contributed by atoms with Gasteiger partial charge in [0, 0.05) is 36.1 Å². The van der Waals surface area contributed by atoms with Gasteiger partial charge in [0.2, 0.25) is 0 Å². The van der Waals surface area contributed by atoms with Crippen molar-refractivity contribution in [1.29, 1.82) is 5.26 Å². The molecule has 6 nitrogen and oxygen atoms in total. The number of amides is 3. The molecule has 0 saturated carbocycles. The summed E-state index contributed by atoms with van der Waals surface area (Å²) in [4.78, 5) is 32.5. The standard InChI is InChI=1S/C25H26Cl2N4O2/c1-3-4-5-10-30-15-22(18-8-6-17(14-28)7-9-18)25(16-30)23(32)31(24(33)29(25)2)21-12-19(26)11-20(27)13-21/h6-9,11-13,22H,3-5,10,15-16H2,1-2H3. The number of nitrogens with zero attached hydrogens (tertiary/aromatic N) is 4. The first kappa shape index (κ1) is 23.6. The molecule has 0 radical (unpaired) electrons. The highest BCUT2D eigenvalue weighted by molar-refractivity contribution is 6.35. The van der Waals surface area contributed by atoms with E-state index >= 15 is 0 Å². The van der Waals surface area contributed by atoms with Crippen LogP contribution in [0.2, 0.25) is 10.0 Å². The largest absolute Gasteiger partial charge is 0.332 e. The molecule has 1 spiro atoms. The van der Waals surface area contributed by atoms with Gasteiger partial charge in [0.1, 0.15) is 5.54 Å². The maximum atomic E-state index is 14.1. The Morgan fingerprint density at radius 3 is 2.36 bits per heavy atom. The van der Waals surface area contributed by atoms with E-state index < -0.39 is 11.6 Å². The van der Waals surface area contributed by atoms with Crippen LogP contribution >= 0.6 is 23.2 Å². The topological polar surface area (TPSA) is 67.6 Å².